The third-order valence-electron chi connectivity index (χ3n) is 4.46. The molecule has 0 bridgehead atoms. The zero-order valence-electron chi connectivity index (χ0n) is 14.7. The maximum absolute atomic E-state index is 5.78. The number of aromatic nitrogens is 4. The van der Waals surface area contributed by atoms with Gasteiger partial charge in [-0.25, -0.2) is 4.68 Å². The van der Waals surface area contributed by atoms with Crippen LogP contribution in [0.4, 0.5) is 0 Å². The number of ether oxygens (including phenoxy) is 1. The van der Waals surface area contributed by atoms with Crippen molar-refractivity contribution in [2.45, 2.75) is 39.1 Å². The Hall–Kier alpha value is -2.31. The van der Waals surface area contributed by atoms with E-state index in [2.05, 4.69) is 46.2 Å². The Morgan fingerprint density at radius 1 is 1.12 bits per heavy atom. The summed E-state index contributed by atoms with van der Waals surface area (Å²) < 4.78 is 7.67. The van der Waals surface area contributed by atoms with Gasteiger partial charge in [0.05, 0.1) is 36.2 Å². The minimum Gasteiger partial charge on any atom is -0.373 e. The highest BCUT2D eigenvalue weighted by molar-refractivity contribution is 5.78. The average Bonchev–Trinajstić information content (AvgIpc) is 3.00. The van der Waals surface area contributed by atoms with E-state index in [9.17, 15) is 0 Å². The summed E-state index contributed by atoms with van der Waals surface area (Å²) >= 11 is 0. The molecule has 4 rings (SSSR count). The number of nitrogens with zero attached hydrogens (tertiary/aromatic N) is 5. The molecular weight excluding hydrogens is 314 g/mol. The van der Waals surface area contributed by atoms with Gasteiger partial charge in [-0.1, -0.05) is 23.4 Å². The number of benzene rings is 1. The Bertz CT molecular complexity index is 852. The van der Waals surface area contributed by atoms with Crippen LogP contribution in [-0.2, 0) is 17.8 Å². The van der Waals surface area contributed by atoms with E-state index in [1.165, 1.54) is 0 Å². The molecule has 0 unspecified atom stereocenters. The van der Waals surface area contributed by atoms with Gasteiger partial charge in [0.2, 0.25) is 0 Å². The fourth-order valence-electron chi connectivity index (χ4n) is 3.52. The number of morpholine rings is 1. The number of pyridine rings is 1. The lowest BCUT2D eigenvalue weighted by Gasteiger charge is -2.34. The van der Waals surface area contributed by atoms with Gasteiger partial charge < -0.3 is 4.74 Å². The van der Waals surface area contributed by atoms with Gasteiger partial charge in [-0.3, -0.25) is 9.88 Å². The first kappa shape index (κ1) is 16.2. The summed E-state index contributed by atoms with van der Waals surface area (Å²) in [4.78, 5) is 6.89. The predicted octanol–water partition coefficient (Wildman–Crippen LogP) is 2.48. The third-order valence-corrected chi connectivity index (χ3v) is 4.46. The summed E-state index contributed by atoms with van der Waals surface area (Å²) in [6.07, 6.45) is 4.47. The van der Waals surface area contributed by atoms with Crippen LogP contribution in [0.25, 0.3) is 10.9 Å². The van der Waals surface area contributed by atoms with Gasteiger partial charge in [0.1, 0.15) is 0 Å². The summed E-state index contributed by atoms with van der Waals surface area (Å²) in [6.45, 7) is 7.60. The van der Waals surface area contributed by atoms with Crippen LogP contribution in [0, 0.1) is 0 Å². The molecule has 6 heteroatoms. The van der Waals surface area contributed by atoms with E-state index < -0.39 is 0 Å². The second-order valence-corrected chi connectivity index (χ2v) is 6.90. The Kier molecular flexibility index (Phi) is 4.46. The Morgan fingerprint density at radius 2 is 1.92 bits per heavy atom. The molecule has 0 radical (unpaired) electrons. The first-order chi connectivity index (χ1) is 12.2. The Labute approximate surface area is 147 Å². The zero-order valence-corrected chi connectivity index (χ0v) is 14.7. The lowest BCUT2D eigenvalue weighted by atomic mass is 10.1. The molecule has 1 saturated heterocycles. The van der Waals surface area contributed by atoms with E-state index in [4.69, 9.17) is 4.74 Å². The van der Waals surface area contributed by atoms with Crippen LogP contribution < -0.4 is 0 Å². The molecule has 0 amide bonds. The minimum atomic E-state index is 0.266. The van der Waals surface area contributed by atoms with Crippen molar-refractivity contribution in [3.05, 3.63) is 54.0 Å². The summed E-state index contributed by atoms with van der Waals surface area (Å²) in [5.74, 6) is 0. The second kappa shape index (κ2) is 6.90. The first-order valence-corrected chi connectivity index (χ1v) is 8.76. The molecule has 2 aromatic heterocycles. The maximum atomic E-state index is 5.78. The highest BCUT2D eigenvalue weighted by Gasteiger charge is 2.22. The number of para-hydroxylation sites is 1. The molecule has 1 aliphatic heterocycles. The molecule has 0 N–H and O–H groups in total. The molecule has 2 atom stereocenters. The lowest BCUT2D eigenvalue weighted by molar-refractivity contribution is -0.0707. The maximum Gasteiger partial charge on any atom is 0.0967 e. The Morgan fingerprint density at radius 3 is 2.76 bits per heavy atom. The molecule has 3 aromatic rings. The molecule has 0 aliphatic carbocycles. The monoisotopic (exact) mass is 337 g/mol. The lowest BCUT2D eigenvalue weighted by Crippen LogP contribution is -2.44. The predicted molar refractivity (Wildman–Crippen MR) is 96.2 cm³/mol. The van der Waals surface area contributed by atoms with Gasteiger partial charge in [-0.05, 0) is 31.5 Å². The van der Waals surface area contributed by atoms with E-state index in [-0.39, 0.29) is 12.2 Å². The quantitative estimate of drug-likeness (QED) is 0.732. The van der Waals surface area contributed by atoms with Crippen LogP contribution in [0.5, 0.6) is 0 Å². The molecule has 1 fully saturated rings. The molecule has 1 aliphatic rings. The highest BCUT2D eigenvalue weighted by Crippen LogP contribution is 2.15. The van der Waals surface area contributed by atoms with Crippen LogP contribution in [-0.4, -0.2) is 50.2 Å². The first-order valence-electron chi connectivity index (χ1n) is 8.76. The topological polar surface area (TPSA) is 56.1 Å². The van der Waals surface area contributed by atoms with Gasteiger partial charge in [0.25, 0.3) is 0 Å². The van der Waals surface area contributed by atoms with Crippen LogP contribution in [0.3, 0.4) is 0 Å². The van der Waals surface area contributed by atoms with Crippen molar-refractivity contribution in [2.24, 2.45) is 0 Å². The molecule has 3 heterocycles. The smallest absolute Gasteiger partial charge is 0.0967 e. The van der Waals surface area contributed by atoms with Crippen molar-refractivity contribution < 1.29 is 4.74 Å². The van der Waals surface area contributed by atoms with Crippen molar-refractivity contribution in [1.29, 1.82) is 0 Å². The fraction of sp³-hybridized carbons (Fsp3) is 0.421. The zero-order chi connectivity index (χ0) is 17.2. The second-order valence-electron chi connectivity index (χ2n) is 6.90. The van der Waals surface area contributed by atoms with Gasteiger partial charge in [-0.2, -0.15) is 0 Å². The van der Waals surface area contributed by atoms with Crippen LogP contribution in [0.1, 0.15) is 25.1 Å². The van der Waals surface area contributed by atoms with E-state index in [1.54, 1.807) is 0 Å². The van der Waals surface area contributed by atoms with E-state index in [1.807, 2.05) is 35.3 Å². The van der Waals surface area contributed by atoms with Crippen molar-refractivity contribution in [3.8, 4) is 0 Å². The van der Waals surface area contributed by atoms with Crippen molar-refractivity contribution in [2.75, 3.05) is 13.1 Å². The molecular formula is C19H23N5O. The van der Waals surface area contributed by atoms with E-state index in [0.29, 0.717) is 6.54 Å². The van der Waals surface area contributed by atoms with Gasteiger partial charge in [0.15, 0.2) is 0 Å². The van der Waals surface area contributed by atoms with Gasteiger partial charge in [-0.15, -0.1) is 5.10 Å². The number of hydrogen-bond donors (Lipinski definition) is 0. The molecule has 0 saturated carbocycles. The van der Waals surface area contributed by atoms with Crippen LogP contribution >= 0.6 is 0 Å². The SMILES string of the molecule is C[C@@H]1CN(Cc2cn(Cc3cnc4ccccc4c3)nn2)C[C@H](C)O1. The minimum absolute atomic E-state index is 0.266. The summed E-state index contributed by atoms with van der Waals surface area (Å²) in [5.41, 5.74) is 3.14. The van der Waals surface area contributed by atoms with E-state index in [0.717, 1.165) is 41.8 Å². The van der Waals surface area contributed by atoms with Gasteiger partial charge >= 0.3 is 0 Å². The van der Waals surface area contributed by atoms with Crippen molar-refractivity contribution in [1.82, 2.24) is 24.9 Å². The van der Waals surface area contributed by atoms with Gasteiger partial charge in [0, 0.05) is 31.2 Å². The van der Waals surface area contributed by atoms with Crippen LogP contribution in [0.15, 0.2) is 42.7 Å². The molecule has 6 nitrogen and oxygen atoms in total. The molecule has 0 spiro atoms. The summed E-state index contributed by atoms with van der Waals surface area (Å²) in [7, 11) is 0. The Balaban J connectivity index is 1.43. The molecule has 130 valence electrons. The normalized spacial score (nSPS) is 21.7. The summed E-state index contributed by atoms with van der Waals surface area (Å²) in [5, 5.41) is 9.75. The third kappa shape index (κ3) is 3.86. The van der Waals surface area contributed by atoms with Crippen molar-refractivity contribution in [3.63, 3.8) is 0 Å². The number of hydrogen-bond acceptors (Lipinski definition) is 5. The molecule has 25 heavy (non-hydrogen) atoms. The highest BCUT2D eigenvalue weighted by atomic mass is 16.5. The standard InChI is InChI=1S/C19H23N5O/c1-14-9-23(10-15(2)25-14)12-18-13-24(22-21-18)11-16-7-17-5-3-4-6-19(17)20-8-16/h3-8,13-15H,9-12H2,1-2H3/t14-,15+. The number of rotatable bonds is 4. The summed E-state index contributed by atoms with van der Waals surface area (Å²) in [6, 6.07) is 10.3. The fourth-order valence-corrected chi connectivity index (χ4v) is 3.52. The average molecular weight is 337 g/mol. The number of fused-ring (bicyclic) bond motifs is 1. The molecule has 1 aromatic carbocycles. The largest absolute Gasteiger partial charge is 0.373 e. The van der Waals surface area contributed by atoms with E-state index >= 15 is 0 Å². The van der Waals surface area contributed by atoms with Crippen molar-refractivity contribution >= 4 is 10.9 Å². The van der Waals surface area contributed by atoms with Crippen LogP contribution in [0.2, 0.25) is 0 Å².